The molecule has 0 radical (unpaired) electrons. The maximum Gasteiger partial charge on any atom is 0.416 e. The average molecular weight is 759 g/mol. The molecule has 0 amide bonds. The SMILES string of the molecule is O=C(CCC(=O)c1cc(O)c2c(c1)OC(c1cc(C(=O)CCC(=O)c3cc(O)c4c(c3)OCCO4)cc(C(F)(F)F)c1)CO2)c1ccc(C(F)(F)F)cc1. The van der Waals surface area contributed by atoms with Gasteiger partial charge in [0, 0.05) is 47.9 Å². The van der Waals surface area contributed by atoms with Gasteiger partial charge in [0.15, 0.2) is 52.2 Å². The number of benzene rings is 4. The number of Topliss-reactive ketones (excluding diaryl/α,β-unsaturated/α-hetero) is 4. The lowest BCUT2D eigenvalue weighted by molar-refractivity contribution is -0.138. The molecule has 1 unspecified atom stereocenters. The van der Waals surface area contributed by atoms with Crippen LogP contribution in [-0.2, 0) is 12.4 Å². The van der Waals surface area contributed by atoms with Gasteiger partial charge in [-0.15, -0.1) is 0 Å². The lowest BCUT2D eigenvalue weighted by Gasteiger charge is -2.28. The van der Waals surface area contributed by atoms with Crippen molar-refractivity contribution >= 4 is 23.1 Å². The number of phenolic OH excluding ortho intramolecular Hbond substituents is 2. The van der Waals surface area contributed by atoms with Crippen LogP contribution in [0.15, 0.2) is 66.7 Å². The van der Waals surface area contributed by atoms with Crippen LogP contribution < -0.4 is 18.9 Å². The Bertz CT molecular complexity index is 2140. The summed E-state index contributed by atoms with van der Waals surface area (Å²) in [6.45, 7) is -0.0321. The van der Waals surface area contributed by atoms with Crippen LogP contribution in [0.3, 0.4) is 0 Å². The van der Waals surface area contributed by atoms with Crippen LogP contribution in [0.1, 0.15) is 89.9 Å². The summed E-state index contributed by atoms with van der Waals surface area (Å²) >= 11 is 0. The highest BCUT2D eigenvalue weighted by Gasteiger charge is 2.35. The van der Waals surface area contributed by atoms with E-state index < -0.39 is 84.3 Å². The van der Waals surface area contributed by atoms with E-state index in [1.54, 1.807) is 0 Å². The van der Waals surface area contributed by atoms with Crippen molar-refractivity contribution in [2.45, 2.75) is 44.1 Å². The molecule has 54 heavy (non-hydrogen) atoms. The van der Waals surface area contributed by atoms with Crippen LogP contribution in [-0.4, -0.2) is 53.2 Å². The molecule has 2 aliphatic rings. The van der Waals surface area contributed by atoms with Crippen molar-refractivity contribution in [3.63, 3.8) is 0 Å². The van der Waals surface area contributed by atoms with E-state index in [0.29, 0.717) is 6.07 Å². The Balaban J connectivity index is 1.16. The third kappa shape index (κ3) is 8.27. The molecule has 0 aromatic heterocycles. The molecule has 0 aliphatic carbocycles. The van der Waals surface area contributed by atoms with Gasteiger partial charge in [-0.05, 0) is 60.2 Å². The van der Waals surface area contributed by atoms with Crippen LogP contribution in [0.2, 0.25) is 0 Å². The fraction of sp³-hybridized carbons (Fsp3) is 0.263. The average Bonchev–Trinajstić information content (AvgIpc) is 3.14. The number of rotatable bonds is 11. The topological polar surface area (TPSA) is 146 Å². The summed E-state index contributed by atoms with van der Waals surface area (Å²) in [7, 11) is 0. The molecule has 4 aromatic rings. The van der Waals surface area contributed by atoms with E-state index >= 15 is 0 Å². The van der Waals surface area contributed by atoms with E-state index in [0.717, 1.165) is 54.6 Å². The van der Waals surface area contributed by atoms with Crippen molar-refractivity contribution in [3.8, 4) is 34.5 Å². The van der Waals surface area contributed by atoms with E-state index in [9.17, 15) is 55.7 Å². The van der Waals surface area contributed by atoms with Gasteiger partial charge in [0.25, 0.3) is 0 Å². The molecule has 0 bridgehead atoms. The number of ketones is 4. The number of hydrogen-bond acceptors (Lipinski definition) is 10. The maximum atomic E-state index is 14.0. The number of ether oxygens (including phenoxy) is 4. The van der Waals surface area contributed by atoms with Crippen LogP contribution >= 0.6 is 0 Å². The minimum Gasteiger partial charge on any atom is -0.504 e. The van der Waals surface area contributed by atoms with Gasteiger partial charge in [0.05, 0.1) is 11.1 Å². The smallest absolute Gasteiger partial charge is 0.416 e. The number of phenols is 2. The minimum atomic E-state index is -4.90. The number of hydrogen-bond donors (Lipinski definition) is 2. The van der Waals surface area contributed by atoms with E-state index in [1.807, 2.05) is 0 Å². The van der Waals surface area contributed by atoms with E-state index in [-0.39, 0.29) is 76.2 Å². The largest absolute Gasteiger partial charge is 0.504 e. The number of aromatic hydroxyl groups is 2. The van der Waals surface area contributed by atoms with Crippen LogP contribution in [0, 0.1) is 0 Å². The Morgan fingerprint density at radius 2 is 1.04 bits per heavy atom. The summed E-state index contributed by atoms with van der Waals surface area (Å²) in [5.74, 6) is -3.79. The molecule has 0 spiro atoms. The van der Waals surface area contributed by atoms with Crippen molar-refractivity contribution in [1.82, 2.24) is 0 Å². The van der Waals surface area contributed by atoms with Crippen molar-refractivity contribution < 1.29 is 74.7 Å². The zero-order valence-electron chi connectivity index (χ0n) is 27.8. The molecule has 282 valence electrons. The van der Waals surface area contributed by atoms with Gasteiger partial charge in [-0.3, -0.25) is 19.2 Å². The Labute approximate surface area is 301 Å². The van der Waals surface area contributed by atoms with Crippen molar-refractivity contribution in [1.29, 1.82) is 0 Å². The summed E-state index contributed by atoms with van der Waals surface area (Å²) in [4.78, 5) is 51.6. The first kappa shape index (κ1) is 37.7. The van der Waals surface area contributed by atoms with E-state index in [2.05, 4.69) is 0 Å². The summed E-state index contributed by atoms with van der Waals surface area (Å²) in [6.07, 6.45) is -12.4. The monoisotopic (exact) mass is 758 g/mol. The van der Waals surface area contributed by atoms with Gasteiger partial charge in [-0.25, -0.2) is 0 Å². The number of halogens is 6. The highest BCUT2D eigenvalue weighted by molar-refractivity contribution is 6.03. The first-order valence-electron chi connectivity index (χ1n) is 16.3. The molecule has 2 aliphatic heterocycles. The van der Waals surface area contributed by atoms with Gasteiger partial charge < -0.3 is 29.2 Å². The zero-order chi connectivity index (χ0) is 38.9. The predicted molar refractivity (Wildman–Crippen MR) is 175 cm³/mol. The number of alkyl halides is 6. The summed E-state index contributed by atoms with van der Waals surface area (Å²) in [5, 5.41) is 20.8. The molecule has 2 heterocycles. The van der Waals surface area contributed by atoms with Crippen LogP contribution in [0.25, 0.3) is 0 Å². The molecular weight excluding hydrogens is 730 g/mol. The molecular formula is C38H28F6O10. The number of carbonyl (C=O) groups is 4. The Hall–Kier alpha value is -6.06. The normalized spacial score (nSPS) is 15.0. The third-order valence-electron chi connectivity index (χ3n) is 8.62. The van der Waals surface area contributed by atoms with Crippen molar-refractivity contribution in [2.75, 3.05) is 19.8 Å². The molecule has 1 atom stereocenters. The van der Waals surface area contributed by atoms with Gasteiger partial charge >= 0.3 is 12.4 Å². The third-order valence-corrected chi connectivity index (χ3v) is 8.62. The molecule has 0 saturated heterocycles. The summed E-state index contributed by atoms with van der Waals surface area (Å²) < 4.78 is 103. The maximum absolute atomic E-state index is 14.0. The molecule has 6 rings (SSSR count). The summed E-state index contributed by atoms with van der Waals surface area (Å²) in [6, 6.07) is 10.7. The zero-order valence-corrected chi connectivity index (χ0v) is 27.8. The standard InChI is InChI=1S/C38H28F6O10/c39-37(40,41)24-3-1-19(2-4-24)26(45)5-6-29(48)22-15-31(50)36-33(17-22)54-34(18-53-36)23-11-20(12-25(13-23)38(42,43)44)27(46)7-8-28(47)21-14-30(49)35-32(16-21)51-9-10-52-35/h1-4,11-17,34,49-50H,5-10,18H2. The molecule has 4 aromatic carbocycles. The van der Waals surface area contributed by atoms with Gasteiger partial charge in [0.1, 0.15) is 19.8 Å². The Kier molecular flexibility index (Phi) is 10.3. The molecule has 10 nitrogen and oxygen atoms in total. The minimum absolute atomic E-state index is 0.00699. The lowest BCUT2D eigenvalue weighted by atomic mass is 9.96. The highest BCUT2D eigenvalue weighted by Crippen LogP contribution is 2.45. The second-order valence-corrected chi connectivity index (χ2v) is 12.4. The van der Waals surface area contributed by atoms with Crippen LogP contribution in [0.4, 0.5) is 26.3 Å². The quantitative estimate of drug-likeness (QED) is 0.114. The molecule has 0 saturated carbocycles. The van der Waals surface area contributed by atoms with E-state index in [4.69, 9.17) is 18.9 Å². The van der Waals surface area contributed by atoms with Gasteiger partial charge in [0.2, 0.25) is 11.5 Å². The lowest BCUT2D eigenvalue weighted by Crippen LogP contribution is -2.23. The second-order valence-electron chi connectivity index (χ2n) is 12.4. The first-order chi connectivity index (χ1) is 25.5. The van der Waals surface area contributed by atoms with Gasteiger partial charge in [-0.1, -0.05) is 12.1 Å². The first-order valence-corrected chi connectivity index (χ1v) is 16.3. The molecule has 2 N–H and O–H groups in total. The van der Waals surface area contributed by atoms with Crippen molar-refractivity contribution in [2.24, 2.45) is 0 Å². The van der Waals surface area contributed by atoms with Crippen LogP contribution in [0.5, 0.6) is 34.5 Å². The molecule has 0 fully saturated rings. The Morgan fingerprint density at radius 3 is 1.59 bits per heavy atom. The van der Waals surface area contributed by atoms with E-state index in [1.165, 1.54) is 6.07 Å². The number of carbonyl (C=O) groups excluding carboxylic acids is 4. The fourth-order valence-corrected chi connectivity index (χ4v) is 5.83. The summed E-state index contributed by atoms with van der Waals surface area (Å²) in [5.41, 5.74) is -2.84. The Morgan fingerprint density at radius 1 is 0.556 bits per heavy atom. The van der Waals surface area contributed by atoms with Crippen molar-refractivity contribution in [3.05, 3.63) is 106 Å². The highest BCUT2D eigenvalue weighted by atomic mass is 19.4. The number of fused-ring (bicyclic) bond motifs is 2. The molecule has 16 heteroatoms. The van der Waals surface area contributed by atoms with Gasteiger partial charge in [-0.2, -0.15) is 26.3 Å². The fourth-order valence-electron chi connectivity index (χ4n) is 5.83. The predicted octanol–water partition coefficient (Wildman–Crippen LogP) is 8.11. The second kappa shape index (κ2) is 14.8.